The van der Waals surface area contributed by atoms with Gasteiger partial charge in [0.1, 0.15) is 5.78 Å². The summed E-state index contributed by atoms with van der Waals surface area (Å²) < 4.78 is 0. The third kappa shape index (κ3) is 57.6. The summed E-state index contributed by atoms with van der Waals surface area (Å²) in [7, 11) is 0. The van der Waals surface area contributed by atoms with Gasteiger partial charge in [-0.1, -0.05) is 39.5 Å². The largest absolute Gasteiger partial charge is 3.00 e. The van der Waals surface area contributed by atoms with Crippen LogP contribution in [-0.4, -0.2) is 42.3 Å². The number of carbonyl (C=O) groups is 2. The Kier molecular flexibility index (Phi) is 27.6. The summed E-state index contributed by atoms with van der Waals surface area (Å²) in [6.45, 7) is 8.95. The molecule has 0 atom stereocenters. The van der Waals surface area contributed by atoms with Gasteiger partial charge in [-0.15, -0.1) is 13.2 Å². The quantitative estimate of drug-likeness (QED) is 0.451. The molecular weight excluding hydrogens is 251 g/mol. The van der Waals surface area contributed by atoms with Crippen molar-refractivity contribution in [1.82, 2.24) is 0 Å². The van der Waals surface area contributed by atoms with E-state index in [2.05, 4.69) is 0 Å². The van der Waals surface area contributed by atoms with Crippen molar-refractivity contribution in [3.8, 4) is 0 Å². The second kappa shape index (κ2) is 18.9. The van der Waals surface area contributed by atoms with Crippen LogP contribution in [0.15, 0.2) is 0 Å². The third-order valence-corrected chi connectivity index (χ3v) is 1.06. The topological polar surface area (TPSA) is 103 Å². The molecule has 18 heavy (non-hydrogen) atoms. The monoisotopic (exact) mass is 274 g/mol. The van der Waals surface area contributed by atoms with Crippen molar-refractivity contribution in [3.05, 3.63) is 0 Å². The van der Waals surface area contributed by atoms with E-state index in [9.17, 15) is 24.9 Å². The smallest absolute Gasteiger partial charge is 0.854 e. The van der Waals surface area contributed by atoms with Crippen molar-refractivity contribution in [1.29, 1.82) is 0 Å². The zero-order chi connectivity index (χ0) is 14.4. The van der Waals surface area contributed by atoms with Crippen molar-refractivity contribution in [2.45, 2.75) is 41.0 Å². The van der Waals surface area contributed by atoms with Crippen LogP contribution in [0.4, 0.5) is 0 Å². The average Bonchev–Trinajstić information content (AvgIpc) is 2.17. The van der Waals surface area contributed by atoms with Crippen LogP contribution in [0.3, 0.4) is 0 Å². The van der Waals surface area contributed by atoms with Gasteiger partial charge in [-0.2, -0.15) is 0 Å². The van der Waals surface area contributed by atoms with Crippen molar-refractivity contribution < 1.29 is 24.9 Å². The molecule has 0 bridgehead atoms. The van der Waals surface area contributed by atoms with Gasteiger partial charge in [0.25, 0.3) is 0 Å². The first-order chi connectivity index (χ1) is 7.67. The second-order valence-electron chi connectivity index (χ2n) is 4.37. The van der Waals surface area contributed by atoms with Crippen molar-refractivity contribution in [3.63, 3.8) is 0 Å². The van der Waals surface area contributed by atoms with Gasteiger partial charge < -0.3 is 20.1 Å². The van der Waals surface area contributed by atoms with E-state index >= 15 is 0 Å². The molecule has 0 unspecified atom stereocenters. The normalized spacial score (nSPS) is 8.50. The van der Waals surface area contributed by atoms with E-state index < -0.39 is 12.4 Å². The Bertz CT molecular complexity index is 173. The van der Waals surface area contributed by atoms with Crippen molar-refractivity contribution in [2.24, 2.45) is 11.8 Å². The molecule has 0 aliphatic carbocycles. The van der Waals surface area contributed by atoms with E-state index in [1.807, 2.05) is 27.7 Å². The van der Waals surface area contributed by atoms with Gasteiger partial charge in [-0.25, -0.2) is 0 Å². The minimum absolute atomic E-state index is 0. The predicted molar refractivity (Wildman–Crippen MR) is 65.5 cm³/mol. The number of carbonyl (C=O) groups excluding carboxylic acids is 2. The van der Waals surface area contributed by atoms with E-state index in [1.165, 1.54) is 6.92 Å². The molecule has 6 heteroatoms. The molecule has 0 spiro atoms. The first-order valence-electron chi connectivity index (χ1n) is 5.52. The molecule has 0 N–H and O–H groups in total. The summed E-state index contributed by atoms with van der Waals surface area (Å²) in [6.07, 6.45) is -0.472. The Labute approximate surface area is 120 Å². The molecule has 0 amide bonds. The molecule has 104 valence electrons. The van der Waals surface area contributed by atoms with E-state index in [-0.39, 0.29) is 36.4 Å². The van der Waals surface area contributed by atoms with Gasteiger partial charge in [0.05, 0.1) is 0 Å². The van der Waals surface area contributed by atoms with Crippen molar-refractivity contribution >= 4 is 29.1 Å². The van der Waals surface area contributed by atoms with Crippen LogP contribution >= 0.6 is 0 Å². The first-order valence-corrected chi connectivity index (χ1v) is 5.52. The standard InChI is InChI=1S/C4H6O3.2C4H9O.Al/c1-3(5)2-4(6)7;2*1-4(2)3-5;/h2H2,1H3,(H,6,7);2*4H,3H2,1-2H3;/q;2*-1;+3/p-1. The Morgan fingerprint density at radius 1 is 0.944 bits per heavy atom. The Morgan fingerprint density at radius 2 is 1.17 bits per heavy atom. The number of hydrogen-bond donors (Lipinski definition) is 0. The van der Waals surface area contributed by atoms with Gasteiger partial charge >= 0.3 is 17.4 Å². The van der Waals surface area contributed by atoms with Crippen LogP contribution < -0.4 is 15.3 Å². The van der Waals surface area contributed by atoms with Crippen LogP contribution in [0.5, 0.6) is 0 Å². The molecule has 0 aliphatic rings. The third-order valence-electron chi connectivity index (χ3n) is 1.06. The number of rotatable bonds is 4. The summed E-state index contributed by atoms with van der Waals surface area (Å²) in [6, 6.07) is 0. The number of Topliss-reactive ketones (excluding diaryl/α,β-unsaturated/α-hetero) is 1. The molecule has 0 radical (unpaired) electrons. The Hall–Kier alpha value is -0.408. The fourth-order valence-corrected chi connectivity index (χ4v) is 0.203. The van der Waals surface area contributed by atoms with Crippen LogP contribution in [0.1, 0.15) is 41.0 Å². The molecule has 0 aromatic rings. The van der Waals surface area contributed by atoms with E-state index in [0.29, 0.717) is 11.8 Å². The Balaban J connectivity index is -0.0000000813. The SMILES string of the molecule is CC(=O)CC(=O)[O-].CC(C)C[O-].CC(C)C[O-].[Al+3]. The average molecular weight is 274 g/mol. The maximum Gasteiger partial charge on any atom is 3.00 e. The number of aliphatic carboxylic acids is 1. The molecule has 0 saturated carbocycles. The second-order valence-corrected chi connectivity index (χ2v) is 4.37. The van der Waals surface area contributed by atoms with Crippen LogP contribution in [0, 0.1) is 11.8 Å². The number of carboxylic acid groups (broad SMARTS) is 1. The van der Waals surface area contributed by atoms with Crippen LogP contribution in [0.25, 0.3) is 0 Å². The maximum absolute atomic E-state index is 9.83. The predicted octanol–water partition coefficient (Wildman–Crippen LogP) is -1.66. The zero-order valence-corrected chi connectivity index (χ0v) is 13.0. The number of hydrogen-bond acceptors (Lipinski definition) is 5. The first kappa shape index (κ1) is 26.2. The minimum Gasteiger partial charge on any atom is -0.854 e. The molecule has 0 fully saturated rings. The van der Waals surface area contributed by atoms with Gasteiger partial charge in [0.15, 0.2) is 0 Å². The molecule has 0 saturated heterocycles. The molecule has 0 aliphatic heterocycles. The molecule has 0 aromatic carbocycles. The zero-order valence-electron chi connectivity index (χ0n) is 11.9. The fourth-order valence-electron chi connectivity index (χ4n) is 0.203. The molecule has 5 nitrogen and oxygen atoms in total. The summed E-state index contributed by atoms with van der Waals surface area (Å²) in [4.78, 5) is 19.3. The van der Waals surface area contributed by atoms with Crippen molar-refractivity contribution in [2.75, 3.05) is 13.2 Å². The molecule has 0 heterocycles. The fraction of sp³-hybridized carbons (Fsp3) is 0.833. The summed E-state index contributed by atoms with van der Waals surface area (Å²) in [5.74, 6) is -1.03. The molecule has 0 aromatic heterocycles. The van der Waals surface area contributed by atoms with Crippen LogP contribution in [-0.2, 0) is 9.59 Å². The molecule has 0 rings (SSSR count). The molecular formula is C12H23AlO5. The van der Waals surface area contributed by atoms with E-state index in [1.54, 1.807) is 0 Å². The van der Waals surface area contributed by atoms with Gasteiger partial charge in [0.2, 0.25) is 0 Å². The van der Waals surface area contributed by atoms with Crippen LogP contribution in [0.2, 0.25) is 0 Å². The van der Waals surface area contributed by atoms with Gasteiger partial charge in [-0.05, 0) is 6.92 Å². The maximum atomic E-state index is 9.83. The van der Waals surface area contributed by atoms with Gasteiger partial charge in [-0.3, -0.25) is 4.79 Å². The van der Waals surface area contributed by atoms with Gasteiger partial charge in [0, 0.05) is 12.4 Å². The number of ketones is 1. The number of carboxylic acids is 1. The summed E-state index contributed by atoms with van der Waals surface area (Å²) in [5, 5.41) is 28.7. The Morgan fingerprint density at radius 3 is 1.17 bits per heavy atom. The summed E-state index contributed by atoms with van der Waals surface area (Å²) in [5.41, 5.74) is 0. The van der Waals surface area contributed by atoms with E-state index in [4.69, 9.17) is 0 Å². The minimum atomic E-state index is -1.31. The van der Waals surface area contributed by atoms with E-state index in [0.717, 1.165) is 0 Å². The summed E-state index contributed by atoms with van der Waals surface area (Å²) >= 11 is 0.